The third-order valence-electron chi connectivity index (χ3n) is 2.87. The largest absolute Gasteiger partial charge is 0.480 e. The number of carbonyl (C=O) groups excluding carboxylic acids is 1. The molecule has 0 aromatic heterocycles. The zero-order valence-electron chi connectivity index (χ0n) is 11.7. The Balaban J connectivity index is 2.36. The number of benzene rings is 1. The van der Waals surface area contributed by atoms with E-state index in [0.717, 1.165) is 17.1 Å². The van der Waals surface area contributed by atoms with Crippen LogP contribution < -0.4 is 5.32 Å². The minimum Gasteiger partial charge on any atom is -0.480 e. The van der Waals surface area contributed by atoms with E-state index in [2.05, 4.69) is 5.32 Å². The van der Waals surface area contributed by atoms with E-state index >= 15 is 0 Å². The van der Waals surface area contributed by atoms with E-state index in [1.807, 2.05) is 37.3 Å². The van der Waals surface area contributed by atoms with Crippen LogP contribution in [-0.2, 0) is 16.0 Å². The highest BCUT2D eigenvalue weighted by molar-refractivity contribution is 7.99. The Hall–Kier alpha value is -1.49. The van der Waals surface area contributed by atoms with Crippen LogP contribution in [0.3, 0.4) is 0 Å². The predicted octanol–water partition coefficient (Wildman–Crippen LogP) is 2.33. The second kappa shape index (κ2) is 9.42. The van der Waals surface area contributed by atoms with Gasteiger partial charge in [-0.15, -0.1) is 0 Å². The van der Waals surface area contributed by atoms with Crippen LogP contribution in [0.15, 0.2) is 30.3 Å². The number of nitrogens with one attached hydrogen (secondary N) is 1. The molecular formula is C15H21NO3S. The van der Waals surface area contributed by atoms with Gasteiger partial charge in [0.1, 0.15) is 6.04 Å². The third kappa shape index (κ3) is 6.61. The Morgan fingerprint density at radius 2 is 2.00 bits per heavy atom. The van der Waals surface area contributed by atoms with Gasteiger partial charge >= 0.3 is 5.97 Å². The van der Waals surface area contributed by atoms with Crippen LogP contribution in [-0.4, -0.2) is 34.5 Å². The molecule has 0 saturated carbocycles. The molecule has 0 aliphatic rings. The topological polar surface area (TPSA) is 66.4 Å². The van der Waals surface area contributed by atoms with Crippen LogP contribution in [0, 0.1) is 0 Å². The molecule has 0 aliphatic heterocycles. The van der Waals surface area contributed by atoms with Gasteiger partial charge < -0.3 is 10.4 Å². The molecule has 1 aromatic carbocycles. The summed E-state index contributed by atoms with van der Waals surface area (Å²) in [6, 6.07) is 8.91. The zero-order chi connectivity index (χ0) is 14.8. The molecular weight excluding hydrogens is 274 g/mol. The van der Waals surface area contributed by atoms with Gasteiger partial charge in [0.05, 0.1) is 0 Å². The van der Waals surface area contributed by atoms with Crippen LogP contribution >= 0.6 is 11.8 Å². The first-order valence-electron chi connectivity index (χ1n) is 6.77. The monoisotopic (exact) mass is 295 g/mol. The molecule has 110 valence electrons. The van der Waals surface area contributed by atoms with Gasteiger partial charge in [-0.25, -0.2) is 4.79 Å². The molecule has 0 radical (unpaired) electrons. The standard InChI is InChI=1S/C15H21NO3S/c1-2-20-11-10-13(15(18)19)16-14(17)9-8-12-6-4-3-5-7-12/h3-7,13H,2,8-11H2,1H3,(H,16,17)(H,18,19). The van der Waals surface area contributed by atoms with Gasteiger partial charge in [0.25, 0.3) is 0 Å². The highest BCUT2D eigenvalue weighted by Gasteiger charge is 2.19. The first-order chi connectivity index (χ1) is 9.63. The van der Waals surface area contributed by atoms with E-state index in [1.165, 1.54) is 0 Å². The molecule has 1 unspecified atom stereocenters. The second-order valence-electron chi connectivity index (χ2n) is 4.43. The fraction of sp³-hybridized carbons (Fsp3) is 0.467. The minimum atomic E-state index is -0.963. The smallest absolute Gasteiger partial charge is 0.326 e. The molecule has 0 saturated heterocycles. The van der Waals surface area contributed by atoms with E-state index in [-0.39, 0.29) is 5.91 Å². The van der Waals surface area contributed by atoms with E-state index in [0.29, 0.717) is 19.3 Å². The van der Waals surface area contributed by atoms with Crippen LogP contribution in [0.1, 0.15) is 25.3 Å². The molecule has 5 heteroatoms. The van der Waals surface area contributed by atoms with E-state index in [4.69, 9.17) is 5.11 Å². The van der Waals surface area contributed by atoms with Crippen molar-refractivity contribution in [1.29, 1.82) is 0 Å². The highest BCUT2D eigenvalue weighted by atomic mass is 32.2. The lowest BCUT2D eigenvalue weighted by molar-refractivity contribution is -0.141. The summed E-state index contributed by atoms with van der Waals surface area (Å²) in [7, 11) is 0. The lowest BCUT2D eigenvalue weighted by Gasteiger charge is -2.14. The van der Waals surface area contributed by atoms with Crippen molar-refractivity contribution < 1.29 is 14.7 Å². The number of aryl methyl sites for hydroxylation is 1. The minimum absolute atomic E-state index is 0.206. The molecule has 0 bridgehead atoms. The lowest BCUT2D eigenvalue weighted by atomic mass is 10.1. The van der Waals surface area contributed by atoms with Crippen LogP contribution in [0.25, 0.3) is 0 Å². The van der Waals surface area contributed by atoms with E-state index < -0.39 is 12.0 Å². The third-order valence-corrected chi connectivity index (χ3v) is 3.80. The number of rotatable bonds is 9. The maximum absolute atomic E-state index is 11.8. The summed E-state index contributed by atoms with van der Waals surface area (Å²) < 4.78 is 0. The van der Waals surface area contributed by atoms with E-state index in [9.17, 15) is 9.59 Å². The predicted molar refractivity (Wildman–Crippen MR) is 81.9 cm³/mol. The molecule has 0 fully saturated rings. The lowest BCUT2D eigenvalue weighted by Crippen LogP contribution is -2.41. The Morgan fingerprint density at radius 1 is 1.30 bits per heavy atom. The SMILES string of the molecule is CCSCCC(NC(=O)CCc1ccccc1)C(=O)O. The van der Waals surface area contributed by atoms with Crippen molar-refractivity contribution in [2.45, 2.75) is 32.2 Å². The molecule has 1 rings (SSSR count). The van der Waals surface area contributed by atoms with Crippen LogP contribution in [0.4, 0.5) is 0 Å². The Labute approximate surface area is 124 Å². The van der Waals surface area contributed by atoms with Crippen molar-refractivity contribution in [3.63, 3.8) is 0 Å². The normalized spacial score (nSPS) is 11.8. The Bertz CT molecular complexity index is 422. The molecule has 20 heavy (non-hydrogen) atoms. The van der Waals surface area contributed by atoms with Crippen molar-refractivity contribution in [1.82, 2.24) is 5.32 Å². The van der Waals surface area contributed by atoms with Gasteiger partial charge in [-0.05, 0) is 29.9 Å². The molecule has 2 N–H and O–H groups in total. The molecule has 4 nitrogen and oxygen atoms in total. The summed E-state index contributed by atoms with van der Waals surface area (Å²) in [4.78, 5) is 22.9. The first-order valence-corrected chi connectivity index (χ1v) is 7.92. The number of amides is 1. The molecule has 0 spiro atoms. The number of thioether (sulfide) groups is 1. The van der Waals surface area contributed by atoms with Crippen molar-refractivity contribution >= 4 is 23.6 Å². The average molecular weight is 295 g/mol. The zero-order valence-corrected chi connectivity index (χ0v) is 12.5. The van der Waals surface area contributed by atoms with Gasteiger partial charge in [-0.3, -0.25) is 4.79 Å². The molecule has 1 amide bonds. The maximum atomic E-state index is 11.8. The number of carbonyl (C=O) groups is 2. The first kappa shape index (κ1) is 16.6. The molecule has 1 atom stereocenters. The summed E-state index contributed by atoms with van der Waals surface area (Å²) >= 11 is 1.68. The van der Waals surface area contributed by atoms with Gasteiger partial charge in [-0.2, -0.15) is 11.8 Å². The number of hydrogen-bond acceptors (Lipinski definition) is 3. The van der Waals surface area contributed by atoms with Crippen LogP contribution in [0.5, 0.6) is 0 Å². The molecule has 1 aromatic rings. The summed E-state index contributed by atoms with van der Waals surface area (Å²) in [5.41, 5.74) is 1.08. The van der Waals surface area contributed by atoms with Gasteiger partial charge in [0.2, 0.25) is 5.91 Å². The number of aliphatic carboxylic acids is 1. The van der Waals surface area contributed by atoms with Gasteiger partial charge in [-0.1, -0.05) is 37.3 Å². The number of hydrogen-bond donors (Lipinski definition) is 2. The Kier molecular flexibility index (Phi) is 7.80. The van der Waals surface area contributed by atoms with Crippen molar-refractivity contribution in [3.05, 3.63) is 35.9 Å². The molecule has 0 heterocycles. The van der Waals surface area contributed by atoms with Gasteiger partial charge in [0, 0.05) is 6.42 Å². The quantitative estimate of drug-likeness (QED) is 0.686. The highest BCUT2D eigenvalue weighted by Crippen LogP contribution is 2.06. The summed E-state index contributed by atoms with van der Waals surface area (Å²) in [5, 5.41) is 11.7. The van der Waals surface area contributed by atoms with Crippen molar-refractivity contribution in [2.75, 3.05) is 11.5 Å². The fourth-order valence-electron chi connectivity index (χ4n) is 1.77. The van der Waals surface area contributed by atoms with Gasteiger partial charge in [0.15, 0.2) is 0 Å². The summed E-state index contributed by atoms with van der Waals surface area (Å²) in [6.45, 7) is 2.03. The number of carboxylic acid groups (broad SMARTS) is 1. The second-order valence-corrected chi connectivity index (χ2v) is 5.82. The Morgan fingerprint density at radius 3 is 2.60 bits per heavy atom. The van der Waals surface area contributed by atoms with E-state index in [1.54, 1.807) is 11.8 Å². The molecule has 0 aliphatic carbocycles. The average Bonchev–Trinajstić information content (AvgIpc) is 2.45. The van der Waals surface area contributed by atoms with Crippen molar-refractivity contribution in [3.8, 4) is 0 Å². The number of carboxylic acids is 1. The maximum Gasteiger partial charge on any atom is 0.326 e. The fourth-order valence-corrected chi connectivity index (χ4v) is 2.46. The summed E-state index contributed by atoms with van der Waals surface area (Å²) in [6.07, 6.45) is 1.41. The summed E-state index contributed by atoms with van der Waals surface area (Å²) in [5.74, 6) is 0.526. The van der Waals surface area contributed by atoms with Crippen LogP contribution in [0.2, 0.25) is 0 Å². The van der Waals surface area contributed by atoms with Crippen molar-refractivity contribution in [2.24, 2.45) is 0 Å².